The van der Waals surface area contributed by atoms with Gasteiger partial charge in [0.1, 0.15) is 18.6 Å². The average molecular weight is 270 g/mol. The zero-order chi connectivity index (χ0) is 14.2. The van der Waals surface area contributed by atoms with Gasteiger partial charge in [0.2, 0.25) is 0 Å². The average Bonchev–Trinajstić information content (AvgIpc) is 2.53. The molecule has 0 aliphatic heterocycles. The van der Waals surface area contributed by atoms with Crippen molar-refractivity contribution >= 4 is 6.29 Å². The van der Waals surface area contributed by atoms with E-state index in [0.29, 0.717) is 18.8 Å². The lowest BCUT2D eigenvalue weighted by molar-refractivity contribution is 0.0439. The van der Waals surface area contributed by atoms with Crippen LogP contribution in [0.25, 0.3) is 0 Å². The van der Waals surface area contributed by atoms with Crippen LogP contribution in [-0.2, 0) is 4.74 Å². The molecule has 2 rings (SSSR count). The minimum absolute atomic E-state index is 0.0530. The van der Waals surface area contributed by atoms with Gasteiger partial charge in [-0.1, -0.05) is 30.3 Å². The van der Waals surface area contributed by atoms with Gasteiger partial charge in [0.25, 0.3) is 0 Å². The van der Waals surface area contributed by atoms with E-state index in [-0.39, 0.29) is 6.10 Å². The van der Waals surface area contributed by atoms with E-state index in [1.807, 2.05) is 37.3 Å². The first kappa shape index (κ1) is 14.3. The van der Waals surface area contributed by atoms with E-state index in [9.17, 15) is 4.79 Å². The van der Waals surface area contributed by atoms with Gasteiger partial charge in [0.05, 0.1) is 12.7 Å². The molecule has 3 heteroatoms. The first-order valence-corrected chi connectivity index (χ1v) is 6.64. The van der Waals surface area contributed by atoms with Crippen molar-refractivity contribution in [3.8, 4) is 5.75 Å². The summed E-state index contributed by atoms with van der Waals surface area (Å²) in [6, 6.07) is 17.1. The second-order valence-corrected chi connectivity index (χ2v) is 4.46. The van der Waals surface area contributed by atoms with Crippen LogP contribution in [0, 0.1) is 0 Å². The third-order valence-corrected chi connectivity index (χ3v) is 3.01. The van der Waals surface area contributed by atoms with Gasteiger partial charge in [0, 0.05) is 5.56 Å². The van der Waals surface area contributed by atoms with Gasteiger partial charge in [0.15, 0.2) is 0 Å². The van der Waals surface area contributed by atoms with Crippen molar-refractivity contribution in [1.29, 1.82) is 0 Å². The molecule has 0 saturated heterocycles. The van der Waals surface area contributed by atoms with Crippen LogP contribution in [0.4, 0.5) is 0 Å². The molecule has 0 radical (unpaired) electrons. The number of ether oxygens (including phenoxy) is 2. The molecule has 0 aliphatic rings. The maximum Gasteiger partial charge on any atom is 0.150 e. The normalized spacial score (nSPS) is 11.8. The van der Waals surface area contributed by atoms with Gasteiger partial charge in [-0.2, -0.15) is 0 Å². The molecule has 0 saturated carbocycles. The fraction of sp³-hybridized carbons (Fsp3) is 0.235. The molecule has 20 heavy (non-hydrogen) atoms. The van der Waals surface area contributed by atoms with Crippen molar-refractivity contribution in [1.82, 2.24) is 0 Å². The Bertz CT molecular complexity index is 520. The second kappa shape index (κ2) is 7.46. The Morgan fingerprint density at radius 3 is 2.35 bits per heavy atom. The second-order valence-electron chi connectivity index (χ2n) is 4.46. The topological polar surface area (TPSA) is 35.5 Å². The lowest BCUT2D eigenvalue weighted by atomic mass is 10.1. The van der Waals surface area contributed by atoms with Crippen molar-refractivity contribution < 1.29 is 14.3 Å². The van der Waals surface area contributed by atoms with Crippen molar-refractivity contribution in [2.24, 2.45) is 0 Å². The van der Waals surface area contributed by atoms with E-state index in [4.69, 9.17) is 9.47 Å². The van der Waals surface area contributed by atoms with Crippen LogP contribution in [0.2, 0.25) is 0 Å². The Balaban J connectivity index is 1.72. The predicted octanol–water partition coefficient (Wildman–Crippen LogP) is 3.66. The van der Waals surface area contributed by atoms with Crippen molar-refractivity contribution in [3.05, 3.63) is 65.7 Å². The Hall–Kier alpha value is -2.13. The summed E-state index contributed by atoms with van der Waals surface area (Å²) in [6.45, 7) is 3.03. The van der Waals surface area contributed by atoms with Crippen molar-refractivity contribution in [3.63, 3.8) is 0 Å². The summed E-state index contributed by atoms with van der Waals surface area (Å²) in [5, 5.41) is 0. The fourth-order valence-electron chi connectivity index (χ4n) is 1.85. The van der Waals surface area contributed by atoms with Crippen molar-refractivity contribution in [2.75, 3.05) is 13.2 Å². The van der Waals surface area contributed by atoms with Crippen LogP contribution in [0.1, 0.15) is 28.9 Å². The summed E-state index contributed by atoms with van der Waals surface area (Å²) < 4.78 is 11.3. The number of benzene rings is 2. The van der Waals surface area contributed by atoms with E-state index < -0.39 is 0 Å². The maximum atomic E-state index is 10.5. The highest BCUT2D eigenvalue weighted by Gasteiger charge is 2.04. The minimum Gasteiger partial charge on any atom is -0.491 e. The summed E-state index contributed by atoms with van der Waals surface area (Å²) in [7, 11) is 0. The first-order valence-electron chi connectivity index (χ1n) is 6.64. The highest BCUT2D eigenvalue weighted by atomic mass is 16.5. The molecule has 2 aromatic rings. The Morgan fingerprint density at radius 2 is 1.70 bits per heavy atom. The third kappa shape index (κ3) is 4.21. The van der Waals surface area contributed by atoms with Gasteiger partial charge in [-0.05, 0) is 36.8 Å². The summed E-state index contributed by atoms with van der Waals surface area (Å²) >= 11 is 0. The molecule has 0 spiro atoms. The number of hydrogen-bond acceptors (Lipinski definition) is 3. The Morgan fingerprint density at radius 1 is 1.00 bits per heavy atom. The highest BCUT2D eigenvalue weighted by molar-refractivity contribution is 5.74. The number of aldehydes is 1. The zero-order valence-corrected chi connectivity index (χ0v) is 11.5. The van der Waals surface area contributed by atoms with E-state index in [1.165, 1.54) is 0 Å². The molecule has 0 aliphatic carbocycles. The number of rotatable bonds is 7. The summed E-state index contributed by atoms with van der Waals surface area (Å²) in [6.07, 6.45) is 0.867. The number of hydrogen-bond donors (Lipinski definition) is 0. The number of carbonyl (C=O) groups is 1. The summed E-state index contributed by atoms with van der Waals surface area (Å²) in [4.78, 5) is 10.5. The van der Waals surface area contributed by atoms with Gasteiger partial charge in [-0.3, -0.25) is 4.79 Å². The maximum absolute atomic E-state index is 10.5. The molecule has 0 N–H and O–H groups in total. The Labute approximate surface area is 119 Å². The molecule has 0 amide bonds. The quantitative estimate of drug-likeness (QED) is 0.569. The largest absolute Gasteiger partial charge is 0.491 e. The van der Waals surface area contributed by atoms with E-state index >= 15 is 0 Å². The molecule has 0 fully saturated rings. The third-order valence-electron chi connectivity index (χ3n) is 3.01. The molecule has 1 unspecified atom stereocenters. The van der Waals surface area contributed by atoms with E-state index in [0.717, 1.165) is 17.6 Å². The molecule has 104 valence electrons. The lowest BCUT2D eigenvalue weighted by Gasteiger charge is -2.13. The van der Waals surface area contributed by atoms with Gasteiger partial charge in [-0.25, -0.2) is 0 Å². The van der Waals surface area contributed by atoms with Crippen LogP contribution < -0.4 is 4.74 Å². The fourth-order valence-corrected chi connectivity index (χ4v) is 1.85. The standard InChI is InChI=1S/C17H18O3/c1-14(16-5-3-2-4-6-16)19-11-12-20-17-9-7-15(13-18)8-10-17/h2-10,13-14H,11-12H2,1H3. The minimum atomic E-state index is 0.0530. The molecule has 2 aromatic carbocycles. The molecule has 0 aromatic heterocycles. The van der Waals surface area contributed by atoms with Crippen molar-refractivity contribution in [2.45, 2.75) is 13.0 Å². The van der Waals surface area contributed by atoms with E-state index in [2.05, 4.69) is 0 Å². The zero-order valence-electron chi connectivity index (χ0n) is 11.5. The van der Waals surface area contributed by atoms with Gasteiger partial charge >= 0.3 is 0 Å². The van der Waals surface area contributed by atoms with Crippen LogP contribution in [0.15, 0.2) is 54.6 Å². The van der Waals surface area contributed by atoms with Crippen LogP contribution in [0.3, 0.4) is 0 Å². The predicted molar refractivity (Wildman–Crippen MR) is 78.1 cm³/mol. The van der Waals surface area contributed by atoms with Crippen LogP contribution in [0.5, 0.6) is 5.75 Å². The van der Waals surface area contributed by atoms with Crippen LogP contribution in [-0.4, -0.2) is 19.5 Å². The SMILES string of the molecule is CC(OCCOc1ccc(C=O)cc1)c1ccccc1. The lowest BCUT2D eigenvalue weighted by Crippen LogP contribution is -2.09. The molecular formula is C17H18O3. The molecule has 0 heterocycles. The van der Waals surface area contributed by atoms with Crippen LogP contribution >= 0.6 is 0 Å². The van der Waals surface area contributed by atoms with E-state index in [1.54, 1.807) is 24.3 Å². The Kier molecular flexibility index (Phi) is 5.33. The van der Waals surface area contributed by atoms with Gasteiger partial charge in [-0.15, -0.1) is 0 Å². The summed E-state index contributed by atoms with van der Waals surface area (Å²) in [5.41, 5.74) is 1.80. The molecule has 0 bridgehead atoms. The molecular weight excluding hydrogens is 252 g/mol. The summed E-state index contributed by atoms with van der Waals surface area (Å²) in [5.74, 6) is 0.742. The highest BCUT2D eigenvalue weighted by Crippen LogP contribution is 2.16. The molecule has 1 atom stereocenters. The van der Waals surface area contributed by atoms with Gasteiger partial charge < -0.3 is 9.47 Å². The number of carbonyl (C=O) groups excluding carboxylic acids is 1. The smallest absolute Gasteiger partial charge is 0.150 e. The monoisotopic (exact) mass is 270 g/mol. The first-order chi connectivity index (χ1) is 9.79. The molecule has 3 nitrogen and oxygen atoms in total.